The van der Waals surface area contributed by atoms with Crippen molar-refractivity contribution in [2.75, 3.05) is 13.7 Å². The Morgan fingerprint density at radius 2 is 2.10 bits per heavy atom. The summed E-state index contributed by atoms with van der Waals surface area (Å²) in [5, 5.41) is 14.9. The molecule has 1 heterocycles. The van der Waals surface area contributed by atoms with Crippen LogP contribution in [0.15, 0.2) is 30.6 Å². The van der Waals surface area contributed by atoms with Crippen molar-refractivity contribution in [3.8, 4) is 5.69 Å². The Hall–Kier alpha value is -1.79. The molecule has 0 aliphatic heterocycles. The van der Waals surface area contributed by atoms with Gasteiger partial charge in [0.05, 0.1) is 12.3 Å². The van der Waals surface area contributed by atoms with Crippen LogP contribution in [-0.2, 0) is 4.74 Å². The van der Waals surface area contributed by atoms with E-state index in [0.717, 1.165) is 5.69 Å². The Balaban J connectivity index is 2.12. The number of hydrogen-bond donors (Lipinski definition) is 1. The maximum absolute atomic E-state index is 5.29. The van der Waals surface area contributed by atoms with E-state index in [1.165, 1.54) is 5.56 Å². The summed E-state index contributed by atoms with van der Waals surface area (Å²) in [4.78, 5) is 0. The van der Waals surface area contributed by atoms with E-state index in [2.05, 4.69) is 53.7 Å². The van der Waals surface area contributed by atoms with E-state index in [-0.39, 0.29) is 6.04 Å². The molecule has 2 aromatic rings. The predicted molar refractivity (Wildman–Crippen MR) is 81.2 cm³/mol. The molecular formula is C15H23N5O. The summed E-state index contributed by atoms with van der Waals surface area (Å²) in [6, 6.07) is 8.76. The number of nitrogens with zero attached hydrogens (tertiary/aromatic N) is 4. The van der Waals surface area contributed by atoms with Crippen LogP contribution in [-0.4, -0.2) is 40.0 Å². The summed E-state index contributed by atoms with van der Waals surface area (Å²) in [6.45, 7) is 7.25. The Morgan fingerprint density at radius 1 is 1.29 bits per heavy atom. The second-order valence-electron chi connectivity index (χ2n) is 5.54. The molecule has 1 aromatic heterocycles. The molecule has 6 heteroatoms. The fourth-order valence-electron chi connectivity index (χ4n) is 2.25. The molecule has 0 aliphatic rings. The molecule has 0 spiro atoms. The van der Waals surface area contributed by atoms with Gasteiger partial charge >= 0.3 is 0 Å². The number of aromatic nitrogens is 4. The Bertz CT molecular complexity index is 541. The molecule has 2 unspecified atom stereocenters. The average molecular weight is 289 g/mol. The van der Waals surface area contributed by atoms with Crippen molar-refractivity contribution in [2.24, 2.45) is 5.92 Å². The lowest BCUT2D eigenvalue weighted by molar-refractivity contribution is 0.141. The molecule has 6 nitrogen and oxygen atoms in total. The van der Waals surface area contributed by atoms with E-state index in [1.54, 1.807) is 18.1 Å². The predicted octanol–water partition coefficient (Wildman–Crippen LogP) is 1.98. The number of nitrogens with one attached hydrogen (secondary N) is 1. The van der Waals surface area contributed by atoms with Gasteiger partial charge in [-0.3, -0.25) is 0 Å². The van der Waals surface area contributed by atoms with Crippen molar-refractivity contribution in [1.82, 2.24) is 25.5 Å². The first kappa shape index (κ1) is 15.6. The molecule has 0 bridgehead atoms. The van der Waals surface area contributed by atoms with Crippen LogP contribution >= 0.6 is 0 Å². The third-order valence-corrected chi connectivity index (χ3v) is 3.60. The van der Waals surface area contributed by atoms with Gasteiger partial charge in [-0.1, -0.05) is 26.0 Å². The first-order valence-corrected chi connectivity index (χ1v) is 7.20. The molecule has 0 aliphatic carbocycles. The number of tetrazole rings is 1. The van der Waals surface area contributed by atoms with Gasteiger partial charge < -0.3 is 10.1 Å². The summed E-state index contributed by atoms with van der Waals surface area (Å²) in [7, 11) is 1.74. The van der Waals surface area contributed by atoms with E-state index >= 15 is 0 Å². The van der Waals surface area contributed by atoms with Gasteiger partial charge in [-0.15, -0.1) is 5.10 Å². The lowest BCUT2D eigenvalue weighted by Crippen LogP contribution is -2.39. The van der Waals surface area contributed by atoms with Crippen LogP contribution in [0.2, 0.25) is 0 Å². The summed E-state index contributed by atoms with van der Waals surface area (Å²) in [5.74, 6) is 0.509. The zero-order valence-corrected chi connectivity index (χ0v) is 13.0. The molecule has 2 atom stereocenters. The summed E-state index contributed by atoms with van der Waals surface area (Å²) in [5.41, 5.74) is 2.16. The summed E-state index contributed by atoms with van der Waals surface area (Å²) in [6.07, 6.45) is 1.60. The lowest BCUT2D eigenvalue weighted by atomic mass is 10.0. The smallest absolute Gasteiger partial charge is 0.143 e. The molecule has 0 fully saturated rings. The van der Waals surface area contributed by atoms with Gasteiger partial charge in [-0.25, -0.2) is 4.68 Å². The van der Waals surface area contributed by atoms with Crippen molar-refractivity contribution >= 4 is 0 Å². The van der Waals surface area contributed by atoms with Crippen molar-refractivity contribution in [1.29, 1.82) is 0 Å². The van der Waals surface area contributed by atoms with Gasteiger partial charge in [-0.2, -0.15) is 0 Å². The van der Waals surface area contributed by atoms with Crippen molar-refractivity contribution in [3.05, 3.63) is 36.2 Å². The zero-order valence-electron chi connectivity index (χ0n) is 13.0. The second kappa shape index (κ2) is 7.28. The fraction of sp³-hybridized carbons (Fsp3) is 0.533. The molecule has 0 saturated carbocycles. The molecule has 2 rings (SSSR count). The Labute approximate surface area is 125 Å². The molecule has 1 N–H and O–H groups in total. The number of rotatable bonds is 7. The van der Waals surface area contributed by atoms with Gasteiger partial charge in [0.25, 0.3) is 0 Å². The van der Waals surface area contributed by atoms with E-state index in [9.17, 15) is 0 Å². The fourth-order valence-corrected chi connectivity index (χ4v) is 2.25. The second-order valence-corrected chi connectivity index (χ2v) is 5.54. The van der Waals surface area contributed by atoms with Crippen LogP contribution < -0.4 is 5.32 Å². The van der Waals surface area contributed by atoms with Gasteiger partial charge in [0.1, 0.15) is 6.33 Å². The molecule has 0 amide bonds. The van der Waals surface area contributed by atoms with Crippen LogP contribution in [0.4, 0.5) is 0 Å². The molecule has 21 heavy (non-hydrogen) atoms. The van der Waals surface area contributed by atoms with E-state index in [0.29, 0.717) is 18.6 Å². The standard InChI is InChI=1S/C15H23N5O/c1-11(2)15(9-21-4)17-12(3)13-6-5-7-14(8-13)20-10-16-18-19-20/h5-8,10-12,15,17H,9H2,1-4H3. The van der Waals surface area contributed by atoms with Crippen LogP contribution in [0.1, 0.15) is 32.4 Å². The van der Waals surface area contributed by atoms with Crippen molar-refractivity contribution < 1.29 is 4.74 Å². The van der Waals surface area contributed by atoms with Crippen molar-refractivity contribution in [3.63, 3.8) is 0 Å². The highest BCUT2D eigenvalue weighted by Gasteiger charge is 2.17. The normalized spacial score (nSPS) is 14.3. The number of benzene rings is 1. The first-order chi connectivity index (χ1) is 10.1. The number of hydrogen-bond acceptors (Lipinski definition) is 5. The topological polar surface area (TPSA) is 64.9 Å². The van der Waals surface area contributed by atoms with Crippen LogP contribution in [0.3, 0.4) is 0 Å². The van der Waals surface area contributed by atoms with Gasteiger partial charge in [0.2, 0.25) is 0 Å². The number of methoxy groups -OCH3 is 1. The quantitative estimate of drug-likeness (QED) is 0.844. The minimum atomic E-state index is 0.226. The molecule has 114 valence electrons. The van der Waals surface area contributed by atoms with Crippen LogP contribution in [0, 0.1) is 5.92 Å². The highest BCUT2D eigenvalue weighted by molar-refractivity contribution is 5.35. The lowest BCUT2D eigenvalue weighted by Gasteiger charge is -2.26. The molecule has 1 aromatic carbocycles. The zero-order chi connectivity index (χ0) is 15.2. The van der Waals surface area contributed by atoms with Crippen LogP contribution in [0.5, 0.6) is 0 Å². The summed E-state index contributed by atoms with van der Waals surface area (Å²) < 4.78 is 6.95. The first-order valence-electron chi connectivity index (χ1n) is 7.20. The van der Waals surface area contributed by atoms with Crippen molar-refractivity contribution in [2.45, 2.75) is 32.9 Å². The Morgan fingerprint density at radius 3 is 2.71 bits per heavy atom. The minimum absolute atomic E-state index is 0.226. The molecular weight excluding hydrogens is 266 g/mol. The highest BCUT2D eigenvalue weighted by atomic mass is 16.5. The Kier molecular flexibility index (Phi) is 5.41. The van der Waals surface area contributed by atoms with Crippen LogP contribution in [0.25, 0.3) is 5.69 Å². The van der Waals surface area contributed by atoms with Gasteiger partial charge in [-0.05, 0) is 41.0 Å². The molecule has 0 radical (unpaired) electrons. The van der Waals surface area contributed by atoms with Gasteiger partial charge in [0, 0.05) is 19.2 Å². The monoisotopic (exact) mass is 289 g/mol. The number of ether oxygens (including phenoxy) is 1. The SMILES string of the molecule is COCC(NC(C)c1cccc(-n2cnnn2)c1)C(C)C. The van der Waals surface area contributed by atoms with E-state index in [1.807, 2.05) is 12.1 Å². The highest BCUT2D eigenvalue weighted by Crippen LogP contribution is 2.18. The molecule has 0 saturated heterocycles. The van der Waals surface area contributed by atoms with Gasteiger partial charge in [0.15, 0.2) is 0 Å². The maximum atomic E-state index is 5.29. The summed E-state index contributed by atoms with van der Waals surface area (Å²) >= 11 is 0. The maximum Gasteiger partial charge on any atom is 0.143 e. The third-order valence-electron chi connectivity index (χ3n) is 3.60. The average Bonchev–Trinajstić information content (AvgIpc) is 3.01. The van der Waals surface area contributed by atoms with E-state index in [4.69, 9.17) is 4.74 Å². The van der Waals surface area contributed by atoms with E-state index < -0.39 is 0 Å². The third kappa shape index (κ3) is 4.09. The minimum Gasteiger partial charge on any atom is -0.383 e. The largest absolute Gasteiger partial charge is 0.383 e.